The second-order valence-electron chi connectivity index (χ2n) is 4.63. The molecule has 1 aliphatic rings. The molecule has 0 saturated carbocycles. The summed E-state index contributed by atoms with van der Waals surface area (Å²) in [7, 11) is 0. The summed E-state index contributed by atoms with van der Waals surface area (Å²) in [4.78, 5) is 0. The molecule has 0 amide bonds. The molecule has 0 bridgehead atoms. The Morgan fingerprint density at radius 1 is 1.25 bits per heavy atom. The molecule has 1 saturated heterocycles. The summed E-state index contributed by atoms with van der Waals surface area (Å²) in [5, 5.41) is 38.8. The minimum atomic E-state index is -1.35. The largest absolute Gasteiger partial charge is 0.394 e. The van der Waals surface area contributed by atoms with Crippen LogP contribution < -0.4 is 0 Å². The van der Waals surface area contributed by atoms with Gasteiger partial charge in [0.15, 0.2) is 6.29 Å². The molecule has 1 aromatic rings. The Labute approximate surface area is 121 Å². The third-order valence-electron chi connectivity index (χ3n) is 3.14. The summed E-state index contributed by atoms with van der Waals surface area (Å²) in [6.07, 6.45) is -5.91. The SMILES string of the molecule is OC[C@H](O)[C@H]1OC(c2ccc(Cl)cc2)OC[C@@H](O)[C@H]1O. The van der Waals surface area contributed by atoms with Crippen LogP contribution in [-0.2, 0) is 9.47 Å². The predicted molar refractivity (Wildman–Crippen MR) is 70.1 cm³/mol. The van der Waals surface area contributed by atoms with Crippen molar-refractivity contribution in [1.82, 2.24) is 0 Å². The van der Waals surface area contributed by atoms with E-state index in [0.29, 0.717) is 10.6 Å². The number of benzene rings is 1. The van der Waals surface area contributed by atoms with Gasteiger partial charge in [-0.3, -0.25) is 0 Å². The minimum absolute atomic E-state index is 0.150. The summed E-state index contributed by atoms with van der Waals surface area (Å²) >= 11 is 5.80. The molecule has 2 rings (SSSR count). The quantitative estimate of drug-likeness (QED) is 0.619. The van der Waals surface area contributed by atoms with Crippen molar-refractivity contribution < 1.29 is 29.9 Å². The van der Waals surface area contributed by atoms with E-state index in [4.69, 9.17) is 26.2 Å². The van der Waals surface area contributed by atoms with Crippen LogP contribution in [0.2, 0.25) is 5.02 Å². The van der Waals surface area contributed by atoms with Gasteiger partial charge in [-0.05, 0) is 12.1 Å². The number of rotatable bonds is 3. The molecule has 0 aromatic heterocycles. The molecule has 0 spiro atoms. The molecule has 112 valence electrons. The molecule has 4 N–H and O–H groups in total. The van der Waals surface area contributed by atoms with E-state index >= 15 is 0 Å². The normalized spacial score (nSPS) is 32.6. The first-order valence-corrected chi connectivity index (χ1v) is 6.58. The highest BCUT2D eigenvalue weighted by molar-refractivity contribution is 6.30. The Kier molecular flexibility index (Phi) is 5.34. The number of hydrogen-bond acceptors (Lipinski definition) is 6. The van der Waals surface area contributed by atoms with E-state index < -0.39 is 37.3 Å². The van der Waals surface area contributed by atoms with Crippen LogP contribution in [0, 0.1) is 0 Å². The van der Waals surface area contributed by atoms with Crippen LogP contribution in [-0.4, -0.2) is 58.1 Å². The molecule has 1 aromatic carbocycles. The van der Waals surface area contributed by atoms with Crippen molar-refractivity contribution in [3.8, 4) is 0 Å². The lowest BCUT2D eigenvalue weighted by molar-refractivity contribution is -0.199. The summed E-state index contributed by atoms with van der Waals surface area (Å²) < 4.78 is 10.9. The summed E-state index contributed by atoms with van der Waals surface area (Å²) in [5.74, 6) is 0. The average molecular weight is 305 g/mol. The smallest absolute Gasteiger partial charge is 0.184 e. The van der Waals surface area contributed by atoms with Crippen LogP contribution in [0.4, 0.5) is 0 Å². The van der Waals surface area contributed by atoms with Gasteiger partial charge in [0.25, 0.3) is 0 Å². The number of aliphatic hydroxyl groups excluding tert-OH is 4. The summed E-state index contributed by atoms with van der Waals surface area (Å²) in [5.41, 5.74) is 0.630. The molecule has 1 aliphatic heterocycles. The van der Waals surface area contributed by atoms with E-state index in [0.717, 1.165) is 0 Å². The zero-order valence-corrected chi connectivity index (χ0v) is 11.3. The van der Waals surface area contributed by atoms with Crippen LogP contribution >= 0.6 is 11.6 Å². The van der Waals surface area contributed by atoms with Crippen molar-refractivity contribution in [1.29, 1.82) is 0 Å². The van der Waals surface area contributed by atoms with E-state index in [2.05, 4.69) is 0 Å². The molecule has 1 unspecified atom stereocenters. The van der Waals surface area contributed by atoms with Gasteiger partial charge in [-0.2, -0.15) is 0 Å². The van der Waals surface area contributed by atoms with E-state index in [9.17, 15) is 15.3 Å². The molecular weight excluding hydrogens is 288 g/mol. The van der Waals surface area contributed by atoms with Gasteiger partial charge in [0.2, 0.25) is 0 Å². The van der Waals surface area contributed by atoms with E-state index in [-0.39, 0.29) is 6.61 Å². The molecule has 7 heteroatoms. The molecule has 20 heavy (non-hydrogen) atoms. The van der Waals surface area contributed by atoms with Gasteiger partial charge < -0.3 is 29.9 Å². The molecule has 0 radical (unpaired) electrons. The van der Waals surface area contributed by atoms with Crippen molar-refractivity contribution in [2.75, 3.05) is 13.2 Å². The number of hydrogen-bond donors (Lipinski definition) is 4. The van der Waals surface area contributed by atoms with Crippen molar-refractivity contribution in [3.05, 3.63) is 34.9 Å². The van der Waals surface area contributed by atoms with Crippen molar-refractivity contribution in [3.63, 3.8) is 0 Å². The highest BCUT2D eigenvalue weighted by atomic mass is 35.5. The number of ether oxygens (including phenoxy) is 2. The maximum Gasteiger partial charge on any atom is 0.184 e. The van der Waals surface area contributed by atoms with Crippen LogP contribution in [0.1, 0.15) is 11.9 Å². The van der Waals surface area contributed by atoms with E-state index in [1.54, 1.807) is 24.3 Å². The maximum absolute atomic E-state index is 9.88. The average Bonchev–Trinajstić information content (AvgIpc) is 2.60. The van der Waals surface area contributed by atoms with Crippen molar-refractivity contribution >= 4 is 11.6 Å². The van der Waals surface area contributed by atoms with Gasteiger partial charge >= 0.3 is 0 Å². The van der Waals surface area contributed by atoms with Crippen molar-refractivity contribution in [2.45, 2.75) is 30.7 Å². The predicted octanol–water partition coefficient (Wildman–Crippen LogP) is -0.171. The highest BCUT2D eigenvalue weighted by Gasteiger charge is 2.38. The van der Waals surface area contributed by atoms with Gasteiger partial charge in [0.1, 0.15) is 24.4 Å². The third kappa shape index (κ3) is 3.48. The zero-order valence-electron chi connectivity index (χ0n) is 10.6. The molecule has 1 fully saturated rings. The first-order chi connectivity index (χ1) is 9.52. The second kappa shape index (κ2) is 6.82. The highest BCUT2D eigenvalue weighted by Crippen LogP contribution is 2.28. The lowest BCUT2D eigenvalue weighted by Gasteiger charge is -2.27. The van der Waals surface area contributed by atoms with Crippen LogP contribution in [0.5, 0.6) is 0 Å². The number of aliphatic hydroxyl groups is 4. The fourth-order valence-corrected chi connectivity index (χ4v) is 2.11. The first kappa shape index (κ1) is 15.7. The van der Waals surface area contributed by atoms with Crippen LogP contribution in [0.15, 0.2) is 24.3 Å². The monoisotopic (exact) mass is 304 g/mol. The molecule has 0 aliphatic carbocycles. The van der Waals surface area contributed by atoms with Gasteiger partial charge in [-0.25, -0.2) is 0 Å². The fourth-order valence-electron chi connectivity index (χ4n) is 1.98. The van der Waals surface area contributed by atoms with E-state index in [1.165, 1.54) is 0 Å². The van der Waals surface area contributed by atoms with Crippen molar-refractivity contribution in [2.24, 2.45) is 0 Å². The Morgan fingerprint density at radius 3 is 2.50 bits per heavy atom. The Bertz CT molecular complexity index is 425. The minimum Gasteiger partial charge on any atom is -0.394 e. The Morgan fingerprint density at radius 2 is 1.90 bits per heavy atom. The van der Waals surface area contributed by atoms with Gasteiger partial charge in [-0.1, -0.05) is 23.7 Å². The molecule has 5 atom stereocenters. The third-order valence-corrected chi connectivity index (χ3v) is 3.39. The summed E-state index contributed by atoms with van der Waals surface area (Å²) in [6, 6.07) is 6.66. The second-order valence-corrected chi connectivity index (χ2v) is 5.06. The fraction of sp³-hybridized carbons (Fsp3) is 0.538. The number of halogens is 1. The van der Waals surface area contributed by atoms with Gasteiger partial charge in [0.05, 0.1) is 13.2 Å². The van der Waals surface area contributed by atoms with Gasteiger partial charge in [0, 0.05) is 10.6 Å². The Balaban J connectivity index is 2.20. The maximum atomic E-state index is 9.88. The molecular formula is C13H17ClO6. The van der Waals surface area contributed by atoms with Crippen LogP contribution in [0.3, 0.4) is 0 Å². The summed E-state index contributed by atoms with van der Waals surface area (Å²) in [6.45, 7) is -0.745. The standard InChI is InChI=1S/C13H17ClO6/c14-8-3-1-7(2-4-8)13-19-6-10(17)11(18)12(20-13)9(16)5-15/h1-4,9-13,15-18H,5-6H2/t9-,10+,11+,12+,13?/m0/s1. The molecule has 6 nitrogen and oxygen atoms in total. The Hall–Kier alpha value is -0.730. The zero-order chi connectivity index (χ0) is 14.7. The lowest BCUT2D eigenvalue weighted by Crippen LogP contribution is -2.47. The van der Waals surface area contributed by atoms with Crippen LogP contribution in [0.25, 0.3) is 0 Å². The molecule has 1 heterocycles. The van der Waals surface area contributed by atoms with Gasteiger partial charge in [-0.15, -0.1) is 0 Å². The topological polar surface area (TPSA) is 99.4 Å². The van der Waals surface area contributed by atoms with E-state index in [1.807, 2.05) is 0 Å². The lowest BCUT2D eigenvalue weighted by atomic mass is 10.0. The first-order valence-electron chi connectivity index (χ1n) is 6.20.